The fourth-order valence-corrected chi connectivity index (χ4v) is 4.26. The van der Waals surface area contributed by atoms with Gasteiger partial charge in [0.1, 0.15) is 0 Å². The minimum Gasteiger partial charge on any atom is -0.303 e. The minimum atomic E-state index is 0.559. The molecule has 3 heterocycles. The summed E-state index contributed by atoms with van der Waals surface area (Å²) in [6.45, 7) is 8.16. The van der Waals surface area contributed by atoms with Gasteiger partial charge in [0, 0.05) is 36.3 Å². The molecule has 4 aromatic rings. The summed E-state index contributed by atoms with van der Waals surface area (Å²) < 4.78 is 5.82. The van der Waals surface area contributed by atoms with Gasteiger partial charge >= 0.3 is 0 Å². The number of thiol groups is 3. The number of nitrogens with zero attached hydrogens (tertiary/aromatic N) is 9. The number of aromatic nitrogens is 9. The van der Waals surface area contributed by atoms with Crippen molar-refractivity contribution in [2.75, 3.05) is 0 Å². The van der Waals surface area contributed by atoms with E-state index in [1.165, 1.54) is 0 Å². The van der Waals surface area contributed by atoms with Gasteiger partial charge in [-0.25, -0.2) is 0 Å². The third kappa shape index (κ3) is 3.52. The van der Waals surface area contributed by atoms with Crippen molar-refractivity contribution >= 4 is 37.9 Å². The average molecular weight is 460 g/mol. The van der Waals surface area contributed by atoms with Gasteiger partial charge in [-0.1, -0.05) is 0 Å². The highest BCUT2D eigenvalue weighted by Crippen LogP contribution is 2.32. The molecule has 0 aliphatic carbocycles. The first-order valence-electron chi connectivity index (χ1n) is 9.51. The highest BCUT2D eigenvalue weighted by Gasteiger charge is 2.19. The largest absolute Gasteiger partial charge is 0.303 e. The highest BCUT2D eigenvalue weighted by molar-refractivity contribution is 7.80. The van der Waals surface area contributed by atoms with Gasteiger partial charge < -0.3 is 13.7 Å². The second-order valence-electron chi connectivity index (χ2n) is 6.50. The molecule has 0 saturated heterocycles. The van der Waals surface area contributed by atoms with Crippen molar-refractivity contribution in [2.24, 2.45) is 0 Å². The van der Waals surface area contributed by atoms with E-state index in [2.05, 4.69) is 68.5 Å². The van der Waals surface area contributed by atoms with Crippen molar-refractivity contribution < 1.29 is 0 Å². The molecule has 0 aliphatic rings. The second-order valence-corrected chi connectivity index (χ2v) is 7.70. The Morgan fingerprint density at radius 3 is 1.03 bits per heavy atom. The van der Waals surface area contributed by atoms with Crippen LogP contribution in [0.1, 0.15) is 20.8 Å². The van der Waals surface area contributed by atoms with Crippen molar-refractivity contribution in [3.63, 3.8) is 0 Å². The van der Waals surface area contributed by atoms with Crippen molar-refractivity contribution in [1.29, 1.82) is 0 Å². The van der Waals surface area contributed by atoms with Crippen LogP contribution in [0.3, 0.4) is 0 Å². The third-order valence-corrected chi connectivity index (χ3v) is 5.84. The molecule has 0 saturated carbocycles. The Labute approximate surface area is 190 Å². The first-order chi connectivity index (χ1) is 14.5. The normalized spacial score (nSPS) is 11.4. The zero-order chi connectivity index (χ0) is 21.4. The van der Waals surface area contributed by atoms with E-state index in [9.17, 15) is 0 Å². The van der Waals surface area contributed by atoms with E-state index in [1.54, 1.807) is 0 Å². The highest BCUT2D eigenvalue weighted by atomic mass is 32.1. The zero-order valence-corrected chi connectivity index (χ0v) is 19.4. The van der Waals surface area contributed by atoms with Gasteiger partial charge in [-0.2, -0.15) is 0 Å². The van der Waals surface area contributed by atoms with Crippen LogP contribution in [0.5, 0.6) is 0 Å². The number of hydrogen-bond donors (Lipinski definition) is 3. The number of rotatable bonds is 6. The predicted molar refractivity (Wildman–Crippen MR) is 122 cm³/mol. The SMILES string of the molecule is CCn1c(S)nnc1-c1cc(-c2nnc(S)n2CC)cc(-c2nnc(S)n2CC)c1. The molecule has 0 amide bonds. The topological polar surface area (TPSA) is 92.1 Å². The molecule has 156 valence electrons. The Morgan fingerprint density at radius 1 is 0.533 bits per heavy atom. The summed E-state index contributed by atoms with van der Waals surface area (Å²) in [4.78, 5) is 0. The van der Waals surface area contributed by atoms with Crippen LogP contribution < -0.4 is 0 Å². The lowest BCUT2D eigenvalue weighted by atomic mass is 10.0. The maximum Gasteiger partial charge on any atom is 0.188 e. The Hall–Kier alpha value is -2.31. The van der Waals surface area contributed by atoms with Crippen LogP contribution in [-0.2, 0) is 19.6 Å². The van der Waals surface area contributed by atoms with E-state index in [4.69, 9.17) is 0 Å². The standard InChI is InChI=1S/C18H21N9S3/c1-4-25-13(19-22-16(25)28)10-7-11(14-20-23-17(29)26(14)5-2)9-12(8-10)15-21-24-18(30)27(15)6-3/h7-9H,4-6H2,1-3H3,(H,22,28)(H,23,29)(H,24,30). The molecule has 1 aromatic carbocycles. The van der Waals surface area contributed by atoms with E-state index < -0.39 is 0 Å². The van der Waals surface area contributed by atoms with Gasteiger partial charge in [0.05, 0.1) is 0 Å². The van der Waals surface area contributed by atoms with Crippen LogP contribution in [0.25, 0.3) is 34.2 Å². The molecule has 12 heteroatoms. The first kappa shape index (κ1) is 20.9. The fourth-order valence-electron chi connectivity index (χ4n) is 3.41. The molecule has 0 aliphatic heterocycles. The average Bonchev–Trinajstić information content (AvgIpc) is 3.43. The smallest absolute Gasteiger partial charge is 0.188 e. The molecule has 3 aromatic heterocycles. The van der Waals surface area contributed by atoms with Crippen LogP contribution in [0.2, 0.25) is 0 Å². The van der Waals surface area contributed by atoms with E-state index in [-0.39, 0.29) is 0 Å². The van der Waals surface area contributed by atoms with Crippen LogP contribution >= 0.6 is 37.9 Å². The van der Waals surface area contributed by atoms with Crippen LogP contribution in [-0.4, -0.2) is 44.3 Å². The lowest BCUT2D eigenvalue weighted by molar-refractivity contribution is 0.687. The molecule has 0 unspecified atom stereocenters. The molecule has 0 bridgehead atoms. The lowest BCUT2D eigenvalue weighted by Gasteiger charge is -2.12. The van der Waals surface area contributed by atoms with Crippen molar-refractivity contribution in [3.05, 3.63) is 18.2 Å². The van der Waals surface area contributed by atoms with E-state index in [0.717, 1.165) is 16.7 Å². The molecule has 0 N–H and O–H groups in total. The van der Waals surface area contributed by atoms with E-state index >= 15 is 0 Å². The third-order valence-electron chi connectivity index (χ3n) is 4.85. The summed E-state index contributed by atoms with van der Waals surface area (Å²) in [5, 5.41) is 27.1. The maximum absolute atomic E-state index is 4.43. The summed E-state index contributed by atoms with van der Waals surface area (Å²) >= 11 is 13.3. The van der Waals surface area contributed by atoms with Gasteiger partial charge in [-0.15, -0.1) is 68.5 Å². The summed E-state index contributed by atoms with van der Waals surface area (Å²) in [7, 11) is 0. The molecule has 0 radical (unpaired) electrons. The Morgan fingerprint density at radius 2 is 0.800 bits per heavy atom. The number of benzene rings is 1. The predicted octanol–water partition coefficient (Wildman–Crippen LogP) is 3.39. The maximum atomic E-state index is 4.43. The molecular weight excluding hydrogens is 438 g/mol. The van der Waals surface area contributed by atoms with E-state index in [0.29, 0.717) is 52.6 Å². The van der Waals surface area contributed by atoms with Gasteiger partial charge in [-0.3, -0.25) is 0 Å². The molecule has 0 atom stereocenters. The fraction of sp³-hybridized carbons (Fsp3) is 0.333. The molecule has 4 rings (SSSR count). The van der Waals surface area contributed by atoms with Gasteiger partial charge in [0.15, 0.2) is 32.9 Å². The van der Waals surface area contributed by atoms with Crippen molar-refractivity contribution in [1.82, 2.24) is 44.3 Å². The zero-order valence-electron chi connectivity index (χ0n) is 16.7. The summed E-state index contributed by atoms with van der Waals surface area (Å²) in [6, 6.07) is 6.06. The minimum absolute atomic E-state index is 0.559. The lowest BCUT2D eigenvalue weighted by Crippen LogP contribution is -2.03. The molecule has 0 spiro atoms. The van der Waals surface area contributed by atoms with Gasteiger partial charge in [0.2, 0.25) is 0 Å². The molecule has 30 heavy (non-hydrogen) atoms. The Kier molecular flexibility index (Phi) is 5.89. The second kappa shape index (κ2) is 8.44. The summed E-state index contributed by atoms with van der Waals surface area (Å²) in [6.07, 6.45) is 0. The molecule has 0 fully saturated rings. The first-order valence-corrected chi connectivity index (χ1v) is 10.8. The van der Waals surface area contributed by atoms with Gasteiger partial charge in [0.25, 0.3) is 0 Å². The summed E-state index contributed by atoms with van der Waals surface area (Å²) in [5.74, 6) is 2.15. The van der Waals surface area contributed by atoms with Crippen LogP contribution in [0, 0.1) is 0 Å². The van der Waals surface area contributed by atoms with Crippen LogP contribution in [0.4, 0.5) is 0 Å². The van der Waals surface area contributed by atoms with E-state index in [1.807, 2.05) is 52.7 Å². The monoisotopic (exact) mass is 459 g/mol. The molecule has 9 nitrogen and oxygen atoms in total. The summed E-state index contributed by atoms with van der Waals surface area (Å²) in [5.41, 5.74) is 2.61. The van der Waals surface area contributed by atoms with Crippen molar-refractivity contribution in [2.45, 2.75) is 55.9 Å². The Balaban J connectivity index is 1.99. The quantitative estimate of drug-likeness (QED) is 0.383. The Bertz CT molecular complexity index is 1050. The van der Waals surface area contributed by atoms with Crippen LogP contribution in [0.15, 0.2) is 33.7 Å². The number of hydrogen-bond acceptors (Lipinski definition) is 9. The molecular formula is C18H21N9S3. The van der Waals surface area contributed by atoms with Crippen molar-refractivity contribution in [3.8, 4) is 34.2 Å². The van der Waals surface area contributed by atoms with Gasteiger partial charge in [-0.05, 0) is 39.0 Å².